The molecule has 0 radical (unpaired) electrons. The quantitative estimate of drug-likeness (QED) is 0.605. The van der Waals surface area contributed by atoms with Gasteiger partial charge in [0.15, 0.2) is 17.8 Å². The highest BCUT2D eigenvalue weighted by atomic mass is 19.4. The Morgan fingerprint density at radius 2 is 1.81 bits per heavy atom. The fraction of sp³-hybridized carbons (Fsp3) is 0.190. The number of hydrogen-bond donors (Lipinski definition) is 1. The first-order valence-electron chi connectivity index (χ1n) is 9.34. The van der Waals surface area contributed by atoms with Gasteiger partial charge >= 0.3 is 6.18 Å². The number of oxazole rings is 1. The number of amides is 2. The van der Waals surface area contributed by atoms with E-state index >= 15 is 0 Å². The fourth-order valence-corrected chi connectivity index (χ4v) is 3.46. The summed E-state index contributed by atoms with van der Waals surface area (Å²) in [6.07, 6.45) is -3.64. The summed E-state index contributed by atoms with van der Waals surface area (Å²) in [4.78, 5) is 30.0. The van der Waals surface area contributed by atoms with Crippen LogP contribution in [0.25, 0.3) is 11.3 Å². The molecule has 166 valence electrons. The molecule has 0 aliphatic carbocycles. The third-order valence-corrected chi connectivity index (χ3v) is 4.95. The predicted octanol–water partition coefficient (Wildman–Crippen LogP) is 4.17. The van der Waals surface area contributed by atoms with E-state index in [9.17, 15) is 31.5 Å². The first-order valence-corrected chi connectivity index (χ1v) is 9.34. The lowest BCUT2D eigenvalue weighted by Gasteiger charge is -2.18. The number of anilines is 1. The van der Waals surface area contributed by atoms with E-state index in [-0.39, 0.29) is 30.0 Å². The van der Waals surface area contributed by atoms with Gasteiger partial charge in [-0.1, -0.05) is 18.2 Å². The van der Waals surface area contributed by atoms with Gasteiger partial charge in [-0.15, -0.1) is 0 Å². The van der Waals surface area contributed by atoms with Crippen molar-refractivity contribution in [1.29, 1.82) is 0 Å². The van der Waals surface area contributed by atoms with Crippen LogP contribution in [0.3, 0.4) is 0 Å². The second-order valence-corrected chi connectivity index (χ2v) is 6.98. The van der Waals surface area contributed by atoms with Crippen LogP contribution in [0, 0.1) is 11.6 Å². The SMILES string of the molecule is O=C(NC1CCN(c2c(F)cccc2F)C1=O)c1ncoc1-c1cccc(C(F)(F)F)c1. The standard InChI is InChI=1S/C21H14F5N3O3/c22-13-5-2-6-14(23)17(13)29-8-7-15(20(29)31)28-19(30)16-18(32-10-27-16)11-3-1-4-12(9-11)21(24,25)26/h1-6,9-10,15H,7-8H2,(H,28,30). The Balaban J connectivity index is 1.54. The maximum atomic E-state index is 14.0. The molecule has 3 aromatic rings. The molecule has 0 bridgehead atoms. The van der Waals surface area contributed by atoms with Crippen molar-refractivity contribution in [2.45, 2.75) is 18.6 Å². The topological polar surface area (TPSA) is 75.4 Å². The van der Waals surface area contributed by atoms with E-state index in [0.29, 0.717) is 0 Å². The van der Waals surface area contributed by atoms with Crippen LogP contribution in [0.2, 0.25) is 0 Å². The number of carbonyl (C=O) groups excluding carboxylic acids is 2. The minimum Gasteiger partial charge on any atom is -0.443 e. The molecule has 2 aromatic carbocycles. The zero-order chi connectivity index (χ0) is 23.0. The molecule has 2 heterocycles. The van der Waals surface area contributed by atoms with Gasteiger partial charge in [-0.3, -0.25) is 9.59 Å². The maximum absolute atomic E-state index is 14.0. The molecule has 0 spiro atoms. The van der Waals surface area contributed by atoms with E-state index in [1.807, 2.05) is 0 Å². The zero-order valence-electron chi connectivity index (χ0n) is 16.1. The highest BCUT2D eigenvalue weighted by Gasteiger charge is 2.37. The average Bonchev–Trinajstić information content (AvgIpc) is 3.36. The number of hydrogen-bond acceptors (Lipinski definition) is 4. The van der Waals surface area contributed by atoms with Gasteiger partial charge in [0.2, 0.25) is 5.91 Å². The normalized spacial score (nSPS) is 16.5. The lowest BCUT2D eigenvalue weighted by molar-refractivity contribution is -0.137. The molecule has 4 rings (SSSR count). The van der Waals surface area contributed by atoms with E-state index in [2.05, 4.69) is 10.3 Å². The average molecular weight is 451 g/mol. The van der Waals surface area contributed by atoms with Gasteiger partial charge in [-0.2, -0.15) is 13.2 Å². The summed E-state index contributed by atoms with van der Waals surface area (Å²) in [7, 11) is 0. The molecule has 1 N–H and O–H groups in total. The second-order valence-electron chi connectivity index (χ2n) is 6.98. The minimum atomic E-state index is -4.60. The first-order chi connectivity index (χ1) is 15.2. The Labute approximate surface area is 177 Å². The van der Waals surface area contributed by atoms with Crippen molar-refractivity contribution in [3.63, 3.8) is 0 Å². The van der Waals surface area contributed by atoms with Crippen LogP contribution >= 0.6 is 0 Å². The minimum absolute atomic E-state index is 0.0322. The summed E-state index contributed by atoms with van der Waals surface area (Å²) in [5.41, 5.74) is -1.81. The number of rotatable bonds is 4. The van der Waals surface area contributed by atoms with Crippen LogP contribution in [0.4, 0.5) is 27.6 Å². The number of benzene rings is 2. The van der Waals surface area contributed by atoms with E-state index < -0.39 is 46.9 Å². The monoisotopic (exact) mass is 451 g/mol. The van der Waals surface area contributed by atoms with E-state index in [1.165, 1.54) is 6.07 Å². The molecular formula is C21H14F5N3O3. The molecule has 1 unspecified atom stereocenters. The number of nitrogens with zero attached hydrogens (tertiary/aromatic N) is 2. The van der Waals surface area contributed by atoms with Gasteiger partial charge < -0.3 is 14.6 Å². The van der Waals surface area contributed by atoms with Crippen molar-refractivity contribution in [1.82, 2.24) is 10.3 Å². The molecule has 1 aromatic heterocycles. The van der Waals surface area contributed by atoms with Crippen molar-refractivity contribution in [2.24, 2.45) is 0 Å². The van der Waals surface area contributed by atoms with Gasteiger partial charge in [0.25, 0.3) is 5.91 Å². The number of aromatic nitrogens is 1. The molecule has 0 saturated carbocycles. The molecule has 6 nitrogen and oxygen atoms in total. The summed E-state index contributed by atoms with van der Waals surface area (Å²) < 4.78 is 72.1. The van der Waals surface area contributed by atoms with E-state index in [4.69, 9.17) is 4.42 Å². The number of halogens is 5. The smallest absolute Gasteiger partial charge is 0.416 e. The van der Waals surface area contributed by atoms with Crippen LogP contribution in [-0.4, -0.2) is 29.4 Å². The molecule has 2 amide bonds. The number of para-hydroxylation sites is 1. The van der Waals surface area contributed by atoms with E-state index in [1.54, 1.807) is 0 Å². The third kappa shape index (κ3) is 3.93. The summed E-state index contributed by atoms with van der Waals surface area (Å²) in [6, 6.07) is 6.22. The van der Waals surface area contributed by atoms with Crippen molar-refractivity contribution in [2.75, 3.05) is 11.4 Å². The highest BCUT2D eigenvalue weighted by Crippen LogP contribution is 2.33. The summed E-state index contributed by atoms with van der Waals surface area (Å²) in [5.74, 6) is -3.66. The molecule has 1 aliphatic heterocycles. The lowest BCUT2D eigenvalue weighted by Crippen LogP contribution is -2.42. The molecule has 1 saturated heterocycles. The zero-order valence-corrected chi connectivity index (χ0v) is 16.1. The Kier molecular flexibility index (Phi) is 5.41. The fourth-order valence-electron chi connectivity index (χ4n) is 3.46. The Morgan fingerprint density at radius 3 is 2.50 bits per heavy atom. The Hall–Kier alpha value is -3.76. The Morgan fingerprint density at radius 1 is 1.12 bits per heavy atom. The molecular weight excluding hydrogens is 437 g/mol. The van der Waals surface area contributed by atoms with Gasteiger partial charge in [0.05, 0.1) is 5.56 Å². The Bertz CT molecular complexity index is 1170. The van der Waals surface area contributed by atoms with Gasteiger partial charge in [0.1, 0.15) is 23.4 Å². The van der Waals surface area contributed by atoms with Crippen LogP contribution in [-0.2, 0) is 11.0 Å². The van der Waals surface area contributed by atoms with Gasteiger partial charge in [-0.05, 0) is 30.7 Å². The second kappa shape index (κ2) is 8.06. The van der Waals surface area contributed by atoms with Gasteiger partial charge in [0, 0.05) is 12.1 Å². The van der Waals surface area contributed by atoms with Crippen molar-refractivity contribution < 1.29 is 36.0 Å². The van der Waals surface area contributed by atoms with Crippen molar-refractivity contribution >= 4 is 17.5 Å². The molecule has 1 atom stereocenters. The number of carbonyl (C=O) groups is 2. The van der Waals surface area contributed by atoms with Crippen molar-refractivity contribution in [3.8, 4) is 11.3 Å². The molecule has 1 fully saturated rings. The predicted molar refractivity (Wildman–Crippen MR) is 102 cm³/mol. The summed E-state index contributed by atoms with van der Waals surface area (Å²) in [5, 5.41) is 2.40. The molecule has 32 heavy (non-hydrogen) atoms. The van der Waals surface area contributed by atoms with Crippen LogP contribution in [0.15, 0.2) is 53.3 Å². The van der Waals surface area contributed by atoms with Gasteiger partial charge in [-0.25, -0.2) is 13.8 Å². The molecule has 1 aliphatic rings. The van der Waals surface area contributed by atoms with E-state index in [0.717, 1.165) is 47.7 Å². The number of alkyl halides is 3. The van der Waals surface area contributed by atoms with Crippen LogP contribution in [0.5, 0.6) is 0 Å². The van der Waals surface area contributed by atoms with Crippen LogP contribution < -0.4 is 10.2 Å². The third-order valence-electron chi connectivity index (χ3n) is 4.95. The summed E-state index contributed by atoms with van der Waals surface area (Å²) in [6.45, 7) is -0.0407. The van der Waals surface area contributed by atoms with Crippen LogP contribution in [0.1, 0.15) is 22.5 Å². The summed E-state index contributed by atoms with van der Waals surface area (Å²) >= 11 is 0. The van der Waals surface area contributed by atoms with Crippen molar-refractivity contribution in [3.05, 3.63) is 71.8 Å². The molecule has 11 heteroatoms. The lowest BCUT2D eigenvalue weighted by atomic mass is 10.1. The highest BCUT2D eigenvalue weighted by molar-refractivity contribution is 6.05. The first kappa shape index (κ1) is 21.5. The number of nitrogens with one attached hydrogen (secondary N) is 1. The largest absolute Gasteiger partial charge is 0.443 e. The maximum Gasteiger partial charge on any atom is 0.416 e.